The Morgan fingerprint density at radius 2 is 1.84 bits per heavy atom. The lowest BCUT2D eigenvalue weighted by Gasteiger charge is -2.24. The van der Waals surface area contributed by atoms with Gasteiger partial charge in [0.1, 0.15) is 11.6 Å². The Morgan fingerprint density at radius 1 is 1.21 bits per heavy atom. The van der Waals surface area contributed by atoms with E-state index in [0.717, 1.165) is 25.0 Å². The van der Waals surface area contributed by atoms with Crippen molar-refractivity contribution in [2.75, 3.05) is 30.9 Å². The van der Waals surface area contributed by atoms with Gasteiger partial charge < -0.3 is 15.4 Å². The van der Waals surface area contributed by atoms with Gasteiger partial charge in [0, 0.05) is 26.3 Å². The van der Waals surface area contributed by atoms with Crippen molar-refractivity contribution in [3.8, 4) is 0 Å². The number of aromatic nitrogens is 1. The first kappa shape index (κ1) is 13.9. The van der Waals surface area contributed by atoms with Gasteiger partial charge >= 0.3 is 6.18 Å². The lowest BCUT2D eigenvalue weighted by Crippen LogP contribution is -2.28. The van der Waals surface area contributed by atoms with Crippen LogP contribution >= 0.6 is 0 Å². The molecule has 1 saturated heterocycles. The number of hydrogen-bond donors (Lipinski definition) is 2. The maximum atomic E-state index is 12.8. The molecule has 0 radical (unpaired) electrons. The minimum atomic E-state index is -4.37. The smallest absolute Gasteiger partial charge is 0.381 e. The highest BCUT2D eigenvalue weighted by atomic mass is 19.4. The molecule has 106 valence electrons. The van der Waals surface area contributed by atoms with Gasteiger partial charge in [-0.05, 0) is 25.0 Å². The summed E-state index contributed by atoms with van der Waals surface area (Å²) >= 11 is 0. The highest BCUT2D eigenvalue weighted by molar-refractivity contribution is 5.50. The van der Waals surface area contributed by atoms with Crippen LogP contribution < -0.4 is 10.6 Å². The van der Waals surface area contributed by atoms with Crippen molar-refractivity contribution in [1.29, 1.82) is 0 Å². The number of pyridine rings is 1. The summed E-state index contributed by atoms with van der Waals surface area (Å²) in [4.78, 5) is 4.10. The Hall–Kier alpha value is -1.50. The van der Waals surface area contributed by atoms with E-state index in [-0.39, 0.29) is 17.7 Å². The van der Waals surface area contributed by atoms with Crippen LogP contribution in [0.4, 0.5) is 24.8 Å². The number of anilines is 2. The summed E-state index contributed by atoms with van der Waals surface area (Å²) < 4.78 is 43.5. The van der Waals surface area contributed by atoms with Crippen LogP contribution in [0.15, 0.2) is 12.1 Å². The predicted molar refractivity (Wildman–Crippen MR) is 66.2 cm³/mol. The quantitative estimate of drug-likeness (QED) is 0.890. The van der Waals surface area contributed by atoms with Gasteiger partial charge in [0.25, 0.3) is 0 Å². The molecule has 1 aromatic heterocycles. The van der Waals surface area contributed by atoms with E-state index in [0.29, 0.717) is 13.2 Å². The summed E-state index contributed by atoms with van der Waals surface area (Å²) in [5, 5.41) is 5.68. The standard InChI is InChI=1S/C12H16F3N3O/c1-16-10-6-8(12(13,14)15)7-11(18-10)17-9-2-4-19-5-3-9/h6-7,9H,2-5H2,1H3,(H2,16,17,18). The second-order valence-corrected chi connectivity index (χ2v) is 4.41. The molecule has 2 N–H and O–H groups in total. The van der Waals surface area contributed by atoms with Crippen molar-refractivity contribution < 1.29 is 17.9 Å². The average molecular weight is 275 g/mol. The van der Waals surface area contributed by atoms with Crippen LogP contribution in [0.3, 0.4) is 0 Å². The van der Waals surface area contributed by atoms with E-state index in [1.807, 2.05) is 0 Å². The summed E-state index contributed by atoms with van der Waals surface area (Å²) in [5.74, 6) is 0.440. The molecule has 7 heteroatoms. The molecular formula is C12H16F3N3O. The summed E-state index contributed by atoms with van der Waals surface area (Å²) in [6.45, 7) is 1.24. The van der Waals surface area contributed by atoms with Crippen molar-refractivity contribution in [2.45, 2.75) is 25.1 Å². The maximum Gasteiger partial charge on any atom is 0.416 e. The van der Waals surface area contributed by atoms with Crippen LogP contribution in [0, 0.1) is 0 Å². The van der Waals surface area contributed by atoms with Crippen LogP contribution in [0.2, 0.25) is 0 Å². The topological polar surface area (TPSA) is 46.2 Å². The number of ether oxygens (including phenoxy) is 1. The summed E-state index contributed by atoms with van der Waals surface area (Å²) in [6.07, 6.45) is -2.83. The lowest BCUT2D eigenvalue weighted by atomic mass is 10.1. The minimum absolute atomic E-state index is 0.106. The molecule has 0 unspecified atom stereocenters. The van der Waals surface area contributed by atoms with Gasteiger partial charge in [0.2, 0.25) is 0 Å². The normalized spacial score (nSPS) is 17.3. The molecule has 0 saturated carbocycles. The molecule has 1 aromatic rings. The molecule has 19 heavy (non-hydrogen) atoms. The molecule has 0 spiro atoms. The minimum Gasteiger partial charge on any atom is -0.381 e. The molecule has 2 heterocycles. The van der Waals surface area contributed by atoms with Crippen molar-refractivity contribution in [3.63, 3.8) is 0 Å². The number of rotatable bonds is 3. The number of halogens is 3. The van der Waals surface area contributed by atoms with Crippen molar-refractivity contribution in [3.05, 3.63) is 17.7 Å². The van der Waals surface area contributed by atoms with Gasteiger partial charge in [-0.3, -0.25) is 0 Å². The van der Waals surface area contributed by atoms with Crippen molar-refractivity contribution in [2.24, 2.45) is 0 Å². The Labute approximate surface area is 109 Å². The first-order valence-corrected chi connectivity index (χ1v) is 6.10. The summed E-state index contributed by atoms with van der Waals surface area (Å²) in [6, 6.07) is 2.14. The fraction of sp³-hybridized carbons (Fsp3) is 0.583. The molecule has 0 aromatic carbocycles. The third-order valence-electron chi connectivity index (χ3n) is 2.98. The van der Waals surface area contributed by atoms with Crippen LogP contribution in [0.1, 0.15) is 18.4 Å². The Morgan fingerprint density at radius 3 is 2.42 bits per heavy atom. The van der Waals surface area contributed by atoms with E-state index >= 15 is 0 Å². The number of nitrogens with zero attached hydrogens (tertiary/aromatic N) is 1. The fourth-order valence-corrected chi connectivity index (χ4v) is 1.95. The average Bonchev–Trinajstić information content (AvgIpc) is 2.38. The molecule has 0 aliphatic carbocycles. The SMILES string of the molecule is CNc1cc(C(F)(F)F)cc(NC2CCOCC2)n1. The van der Waals surface area contributed by atoms with E-state index in [1.165, 1.54) is 0 Å². The Bertz CT molecular complexity index is 431. The third kappa shape index (κ3) is 3.73. The monoisotopic (exact) mass is 275 g/mol. The second-order valence-electron chi connectivity index (χ2n) is 4.41. The largest absolute Gasteiger partial charge is 0.416 e. The highest BCUT2D eigenvalue weighted by Crippen LogP contribution is 2.32. The first-order chi connectivity index (χ1) is 8.99. The van der Waals surface area contributed by atoms with Gasteiger partial charge in [0.15, 0.2) is 0 Å². The van der Waals surface area contributed by atoms with Gasteiger partial charge in [-0.1, -0.05) is 0 Å². The zero-order valence-electron chi connectivity index (χ0n) is 10.5. The summed E-state index contributed by atoms with van der Waals surface area (Å²) in [7, 11) is 1.54. The molecule has 1 fully saturated rings. The maximum absolute atomic E-state index is 12.8. The van der Waals surface area contributed by atoms with Crippen LogP contribution in [0.25, 0.3) is 0 Å². The Kier molecular flexibility index (Phi) is 4.14. The summed E-state index contributed by atoms with van der Waals surface area (Å²) in [5.41, 5.74) is -0.707. The molecule has 1 aliphatic heterocycles. The van der Waals surface area contributed by atoms with Gasteiger partial charge in [0.05, 0.1) is 5.56 Å². The zero-order valence-corrected chi connectivity index (χ0v) is 10.5. The molecule has 4 nitrogen and oxygen atoms in total. The molecule has 2 rings (SSSR count). The highest BCUT2D eigenvalue weighted by Gasteiger charge is 2.31. The van der Waals surface area contributed by atoms with E-state index in [4.69, 9.17) is 4.74 Å². The number of nitrogens with one attached hydrogen (secondary N) is 2. The second kappa shape index (κ2) is 5.64. The van der Waals surface area contributed by atoms with Crippen LogP contribution in [0.5, 0.6) is 0 Å². The van der Waals surface area contributed by atoms with Crippen molar-refractivity contribution in [1.82, 2.24) is 4.98 Å². The molecular weight excluding hydrogens is 259 g/mol. The molecule has 0 atom stereocenters. The molecule has 1 aliphatic rings. The van der Waals surface area contributed by atoms with Gasteiger partial charge in [-0.25, -0.2) is 4.98 Å². The molecule has 0 bridgehead atoms. The van der Waals surface area contributed by atoms with Gasteiger partial charge in [-0.2, -0.15) is 13.2 Å². The Balaban J connectivity index is 2.19. The van der Waals surface area contributed by atoms with E-state index in [9.17, 15) is 13.2 Å². The van der Waals surface area contributed by atoms with E-state index < -0.39 is 11.7 Å². The van der Waals surface area contributed by atoms with Gasteiger partial charge in [-0.15, -0.1) is 0 Å². The predicted octanol–water partition coefficient (Wildman–Crippen LogP) is 2.73. The molecule has 0 amide bonds. The van der Waals surface area contributed by atoms with Crippen LogP contribution in [-0.4, -0.2) is 31.3 Å². The lowest BCUT2D eigenvalue weighted by molar-refractivity contribution is -0.137. The van der Waals surface area contributed by atoms with Crippen molar-refractivity contribution >= 4 is 11.6 Å². The van der Waals surface area contributed by atoms with E-state index in [2.05, 4.69) is 15.6 Å². The fourth-order valence-electron chi connectivity index (χ4n) is 1.95. The number of alkyl halides is 3. The number of hydrogen-bond acceptors (Lipinski definition) is 4. The third-order valence-corrected chi connectivity index (χ3v) is 2.98. The first-order valence-electron chi connectivity index (χ1n) is 6.10. The zero-order chi connectivity index (χ0) is 13.9. The van der Waals surface area contributed by atoms with E-state index in [1.54, 1.807) is 7.05 Å². The van der Waals surface area contributed by atoms with Crippen LogP contribution in [-0.2, 0) is 10.9 Å².